The monoisotopic (exact) mass is 348 g/mol. The molecule has 0 atom stereocenters. The Labute approximate surface area is 156 Å². The van der Waals surface area contributed by atoms with Crippen LogP contribution in [0.4, 0.5) is 0 Å². The van der Waals surface area contributed by atoms with E-state index in [1.165, 1.54) is 35.1 Å². The fraction of sp³-hybridized carbons (Fsp3) is 0.417. The maximum Gasteiger partial charge on any atom is 0.130 e. The van der Waals surface area contributed by atoms with Gasteiger partial charge in [0.1, 0.15) is 18.1 Å². The number of benzene rings is 2. The first-order valence-corrected chi connectivity index (χ1v) is 9.47. The highest BCUT2D eigenvalue weighted by molar-refractivity contribution is 5.86. The van der Waals surface area contributed by atoms with E-state index in [0.29, 0.717) is 6.61 Å². The van der Waals surface area contributed by atoms with Crippen molar-refractivity contribution in [2.75, 3.05) is 13.7 Å². The normalized spacial score (nSPS) is 19.7. The van der Waals surface area contributed by atoms with E-state index in [1.54, 1.807) is 7.11 Å². The van der Waals surface area contributed by atoms with Crippen LogP contribution in [0.1, 0.15) is 62.8 Å². The molecule has 4 rings (SSSR count). The van der Waals surface area contributed by atoms with Crippen LogP contribution in [0.25, 0.3) is 11.6 Å². The molecule has 0 fully saturated rings. The van der Waals surface area contributed by atoms with Crippen LogP contribution in [0.3, 0.4) is 0 Å². The molecular formula is C24H28O2. The van der Waals surface area contributed by atoms with E-state index in [1.807, 2.05) is 12.1 Å². The van der Waals surface area contributed by atoms with Gasteiger partial charge in [0.25, 0.3) is 0 Å². The zero-order chi connectivity index (χ0) is 18.5. The maximum atomic E-state index is 6.02. The summed E-state index contributed by atoms with van der Waals surface area (Å²) >= 11 is 0. The van der Waals surface area contributed by atoms with E-state index in [0.717, 1.165) is 17.1 Å². The van der Waals surface area contributed by atoms with E-state index < -0.39 is 0 Å². The Bertz CT molecular complexity index is 887. The summed E-state index contributed by atoms with van der Waals surface area (Å²) in [6.45, 7) is 10.1. The Balaban J connectivity index is 1.76. The van der Waals surface area contributed by atoms with Crippen LogP contribution in [0.15, 0.2) is 36.4 Å². The zero-order valence-electron chi connectivity index (χ0n) is 16.5. The van der Waals surface area contributed by atoms with Gasteiger partial charge in [-0.2, -0.15) is 0 Å². The lowest BCUT2D eigenvalue weighted by Crippen LogP contribution is -2.33. The molecule has 0 unspecified atom stereocenters. The van der Waals surface area contributed by atoms with E-state index in [9.17, 15) is 0 Å². The third-order valence-corrected chi connectivity index (χ3v) is 6.16. The summed E-state index contributed by atoms with van der Waals surface area (Å²) in [5.41, 5.74) is 7.10. The van der Waals surface area contributed by atoms with Crippen molar-refractivity contribution in [2.45, 2.75) is 51.4 Å². The SMILES string of the molecule is COc1ccc2c(c1)OCC(c1ccc3c(c1)C(C)(C)CCC3(C)C)=C2. The number of hydrogen-bond acceptors (Lipinski definition) is 2. The minimum atomic E-state index is 0.224. The van der Waals surface area contributed by atoms with Crippen molar-refractivity contribution in [3.63, 3.8) is 0 Å². The summed E-state index contributed by atoms with van der Waals surface area (Å²) in [5.74, 6) is 1.73. The molecule has 1 aliphatic heterocycles. The smallest absolute Gasteiger partial charge is 0.130 e. The molecule has 0 saturated carbocycles. The Hall–Kier alpha value is -2.22. The molecule has 0 spiro atoms. The standard InChI is InChI=1S/C24H28O2/c1-23(2)10-11-24(3,4)21-13-16(7-9-20(21)23)18-12-17-6-8-19(25-5)14-22(17)26-15-18/h6-9,12-14H,10-11,15H2,1-5H3. The Morgan fingerprint density at radius 3 is 2.35 bits per heavy atom. The minimum absolute atomic E-state index is 0.224. The van der Waals surface area contributed by atoms with E-state index in [4.69, 9.17) is 9.47 Å². The van der Waals surface area contributed by atoms with Crippen LogP contribution >= 0.6 is 0 Å². The summed E-state index contributed by atoms with van der Waals surface area (Å²) in [4.78, 5) is 0. The van der Waals surface area contributed by atoms with Gasteiger partial charge in [-0.3, -0.25) is 0 Å². The van der Waals surface area contributed by atoms with Gasteiger partial charge in [0.2, 0.25) is 0 Å². The van der Waals surface area contributed by atoms with Crippen molar-refractivity contribution in [3.8, 4) is 11.5 Å². The molecule has 0 aromatic heterocycles. The van der Waals surface area contributed by atoms with Crippen molar-refractivity contribution < 1.29 is 9.47 Å². The molecule has 2 aliphatic rings. The fourth-order valence-electron chi connectivity index (χ4n) is 4.23. The molecule has 0 saturated heterocycles. The van der Waals surface area contributed by atoms with Gasteiger partial charge in [0.15, 0.2) is 0 Å². The summed E-state index contributed by atoms with van der Waals surface area (Å²) in [5, 5.41) is 0. The molecule has 2 nitrogen and oxygen atoms in total. The third-order valence-electron chi connectivity index (χ3n) is 6.16. The second-order valence-corrected chi connectivity index (χ2v) is 8.89. The fourth-order valence-corrected chi connectivity index (χ4v) is 4.23. The molecule has 0 radical (unpaired) electrons. The van der Waals surface area contributed by atoms with Crippen LogP contribution in [0.2, 0.25) is 0 Å². The highest BCUT2D eigenvalue weighted by atomic mass is 16.5. The Morgan fingerprint density at radius 1 is 0.885 bits per heavy atom. The van der Waals surface area contributed by atoms with E-state index in [2.05, 4.69) is 58.0 Å². The Morgan fingerprint density at radius 2 is 1.62 bits per heavy atom. The number of methoxy groups -OCH3 is 1. The van der Waals surface area contributed by atoms with Gasteiger partial charge in [-0.05, 0) is 64.1 Å². The molecule has 2 aromatic carbocycles. The Kier molecular flexibility index (Phi) is 3.91. The first kappa shape index (κ1) is 17.2. The summed E-state index contributed by atoms with van der Waals surface area (Å²) < 4.78 is 11.3. The van der Waals surface area contributed by atoms with Crippen molar-refractivity contribution in [1.82, 2.24) is 0 Å². The summed E-state index contributed by atoms with van der Waals surface area (Å²) in [7, 11) is 1.68. The predicted octanol–water partition coefficient (Wildman–Crippen LogP) is 5.98. The van der Waals surface area contributed by atoms with Crippen LogP contribution < -0.4 is 9.47 Å². The van der Waals surface area contributed by atoms with Crippen LogP contribution in [0.5, 0.6) is 11.5 Å². The van der Waals surface area contributed by atoms with Crippen LogP contribution in [0, 0.1) is 0 Å². The quantitative estimate of drug-likeness (QED) is 0.665. The molecule has 1 heterocycles. The summed E-state index contributed by atoms with van der Waals surface area (Å²) in [6.07, 6.45) is 4.73. The number of hydrogen-bond donors (Lipinski definition) is 0. The lowest BCUT2D eigenvalue weighted by molar-refractivity contribution is 0.331. The molecular weight excluding hydrogens is 320 g/mol. The first-order valence-electron chi connectivity index (χ1n) is 9.47. The van der Waals surface area contributed by atoms with Gasteiger partial charge in [0, 0.05) is 11.6 Å². The minimum Gasteiger partial charge on any atom is -0.497 e. The van der Waals surface area contributed by atoms with Crippen molar-refractivity contribution in [3.05, 3.63) is 58.7 Å². The summed E-state index contributed by atoms with van der Waals surface area (Å²) in [6, 6.07) is 13.0. The molecule has 0 amide bonds. The van der Waals surface area contributed by atoms with Crippen molar-refractivity contribution >= 4 is 11.6 Å². The van der Waals surface area contributed by atoms with Gasteiger partial charge in [-0.15, -0.1) is 0 Å². The lowest BCUT2D eigenvalue weighted by Gasteiger charge is -2.42. The maximum absolute atomic E-state index is 6.02. The van der Waals surface area contributed by atoms with E-state index >= 15 is 0 Å². The highest BCUT2D eigenvalue weighted by Crippen LogP contribution is 2.46. The largest absolute Gasteiger partial charge is 0.497 e. The molecule has 0 N–H and O–H groups in total. The number of rotatable bonds is 2. The first-order chi connectivity index (χ1) is 12.3. The van der Waals surface area contributed by atoms with Crippen molar-refractivity contribution in [1.29, 1.82) is 0 Å². The molecule has 2 heteroatoms. The van der Waals surface area contributed by atoms with Crippen LogP contribution in [-0.2, 0) is 10.8 Å². The lowest BCUT2D eigenvalue weighted by atomic mass is 9.63. The van der Waals surface area contributed by atoms with Gasteiger partial charge >= 0.3 is 0 Å². The van der Waals surface area contributed by atoms with Gasteiger partial charge in [-0.1, -0.05) is 45.9 Å². The van der Waals surface area contributed by atoms with Gasteiger partial charge in [0.05, 0.1) is 7.11 Å². The average molecular weight is 348 g/mol. The number of fused-ring (bicyclic) bond motifs is 2. The zero-order valence-corrected chi connectivity index (χ0v) is 16.5. The van der Waals surface area contributed by atoms with Gasteiger partial charge < -0.3 is 9.47 Å². The topological polar surface area (TPSA) is 18.5 Å². The average Bonchev–Trinajstić information content (AvgIpc) is 2.64. The third kappa shape index (κ3) is 2.82. The predicted molar refractivity (Wildman–Crippen MR) is 108 cm³/mol. The van der Waals surface area contributed by atoms with E-state index in [-0.39, 0.29) is 10.8 Å². The second-order valence-electron chi connectivity index (χ2n) is 8.89. The molecule has 0 bridgehead atoms. The second kappa shape index (κ2) is 5.90. The molecule has 2 aromatic rings. The van der Waals surface area contributed by atoms with Crippen molar-refractivity contribution in [2.24, 2.45) is 0 Å². The van der Waals surface area contributed by atoms with Gasteiger partial charge in [-0.25, -0.2) is 0 Å². The van der Waals surface area contributed by atoms with Crippen LogP contribution in [-0.4, -0.2) is 13.7 Å². The molecule has 26 heavy (non-hydrogen) atoms. The number of ether oxygens (including phenoxy) is 2. The molecule has 136 valence electrons. The highest BCUT2D eigenvalue weighted by Gasteiger charge is 2.37. The molecule has 1 aliphatic carbocycles.